The zero-order valence-electron chi connectivity index (χ0n) is 12.4. The molecule has 22 heavy (non-hydrogen) atoms. The van der Waals surface area contributed by atoms with E-state index in [1.807, 2.05) is 6.07 Å². The van der Waals surface area contributed by atoms with Gasteiger partial charge in [-0.1, -0.05) is 41.9 Å². The van der Waals surface area contributed by atoms with Crippen LogP contribution in [0.5, 0.6) is 0 Å². The predicted molar refractivity (Wildman–Crippen MR) is 88.4 cm³/mol. The van der Waals surface area contributed by atoms with E-state index in [0.29, 0.717) is 35.5 Å². The van der Waals surface area contributed by atoms with Gasteiger partial charge in [-0.2, -0.15) is 0 Å². The molecule has 0 spiro atoms. The third kappa shape index (κ3) is 3.32. The van der Waals surface area contributed by atoms with Gasteiger partial charge in [0.25, 0.3) is 0 Å². The number of nitrogens with zero attached hydrogens (tertiary/aromatic N) is 1. The van der Waals surface area contributed by atoms with Crippen molar-refractivity contribution in [2.75, 3.05) is 19.6 Å². The fourth-order valence-electron chi connectivity index (χ4n) is 3.31. The van der Waals surface area contributed by atoms with Gasteiger partial charge in [0.1, 0.15) is 5.82 Å². The fraction of sp³-hybridized carbons (Fsp3) is 0.333. The predicted octanol–water partition coefficient (Wildman–Crippen LogP) is 3.65. The van der Waals surface area contributed by atoms with E-state index in [0.717, 1.165) is 13.1 Å². The molecule has 0 bridgehead atoms. The normalized spacial score (nSPS) is 22.1. The molecule has 0 aromatic heterocycles. The maximum Gasteiger partial charge on any atom is 0.127 e. The van der Waals surface area contributed by atoms with Gasteiger partial charge in [0.15, 0.2) is 0 Å². The van der Waals surface area contributed by atoms with Crippen molar-refractivity contribution in [2.24, 2.45) is 11.7 Å². The molecule has 0 amide bonds. The van der Waals surface area contributed by atoms with Crippen LogP contribution in [0, 0.1) is 11.7 Å². The highest BCUT2D eigenvalue weighted by Gasteiger charge is 2.32. The zero-order valence-corrected chi connectivity index (χ0v) is 13.1. The molecule has 0 saturated carbocycles. The maximum atomic E-state index is 13.9. The molecular weight excluding hydrogens is 299 g/mol. The smallest absolute Gasteiger partial charge is 0.127 e. The van der Waals surface area contributed by atoms with Gasteiger partial charge in [-0.15, -0.1) is 0 Å². The number of hydrogen-bond acceptors (Lipinski definition) is 2. The van der Waals surface area contributed by atoms with Crippen molar-refractivity contribution in [1.82, 2.24) is 4.90 Å². The summed E-state index contributed by atoms with van der Waals surface area (Å²) in [4.78, 5) is 2.27. The molecule has 2 aromatic carbocycles. The van der Waals surface area contributed by atoms with E-state index in [1.54, 1.807) is 12.1 Å². The summed E-state index contributed by atoms with van der Waals surface area (Å²) < 4.78 is 13.9. The fourth-order valence-corrected chi connectivity index (χ4v) is 3.51. The first-order valence-electron chi connectivity index (χ1n) is 7.58. The van der Waals surface area contributed by atoms with E-state index in [2.05, 4.69) is 29.2 Å². The van der Waals surface area contributed by atoms with Crippen molar-refractivity contribution < 1.29 is 4.39 Å². The summed E-state index contributed by atoms with van der Waals surface area (Å²) in [6.07, 6.45) is 0. The van der Waals surface area contributed by atoms with E-state index in [9.17, 15) is 4.39 Å². The van der Waals surface area contributed by atoms with Crippen LogP contribution in [-0.2, 0) is 6.54 Å². The minimum Gasteiger partial charge on any atom is -0.330 e. The van der Waals surface area contributed by atoms with Crippen LogP contribution >= 0.6 is 11.6 Å². The number of hydrogen-bond donors (Lipinski definition) is 1. The second kappa shape index (κ2) is 6.78. The molecule has 0 aliphatic carbocycles. The molecule has 1 saturated heterocycles. The van der Waals surface area contributed by atoms with Crippen LogP contribution in [0.25, 0.3) is 0 Å². The number of rotatable bonds is 4. The first kappa shape index (κ1) is 15.5. The molecule has 2 atom stereocenters. The second-order valence-electron chi connectivity index (χ2n) is 5.94. The summed E-state index contributed by atoms with van der Waals surface area (Å²) in [5, 5.41) is 0.575. The Labute approximate surface area is 135 Å². The number of likely N-dealkylation sites (tertiary alicyclic amines) is 1. The van der Waals surface area contributed by atoms with Crippen LogP contribution in [0.2, 0.25) is 5.02 Å². The number of halogens is 2. The quantitative estimate of drug-likeness (QED) is 0.932. The van der Waals surface area contributed by atoms with Crippen molar-refractivity contribution >= 4 is 11.6 Å². The number of nitrogens with two attached hydrogens (primary N) is 1. The molecule has 4 heteroatoms. The molecule has 3 rings (SSSR count). The first-order chi connectivity index (χ1) is 10.7. The zero-order chi connectivity index (χ0) is 15.5. The highest BCUT2D eigenvalue weighted by molar-refractivity contribution is 6.30. The minimum atomic E-state index is -0.197. The van der Waals surface area contributed by atoms with Crippen LogP contribution in [0.4, 0.5) is 4.39 Å². The van der Waals surface area contributed by atoms with Crippen molar-refractivity contribution in [2.45, 2.75) is 12.5 Å². The highest BCUT2D eigenvalue weighted by Crippen LogP contribution is 2.33. The Morgan fingerprint density at radius 1 is 1.14 bits per heavy atom. The van der Waals surface area contributed by atoms with Crippen molar-refractivity contribution in [3.63, 3.8) is 0 Å². The van der Waals surface area contributed by atoms with E-state index < -0.39 is 0 Å². The van der Waals surface area contributed by atoms with Crippen molar-refractivity contribution in [1.29, 1.82) is 0 Å². The molecule has 0 radical (unpaired) electrons. The lowest BCUT2D eigenvalue weighted by Crippen LogP contribution is -2.23. The first-order valence-corrected chi connectivity index (χ1v) is 7.96. The number of benzene rings is 2. The second-order valence-corrected chi connectivity index (χ2v) is 6.38. The van der Waals surface area contributed by atoms with Gasteiger partial charge in [-0.25, -0.2) is 4.39 Å². The Bertz CT molecular complexity index is 632. The molecule has 0 unspecified atom stereocenters. The molecule has 1 aliphatic rings. The molecule has 2 N–H and O–H groups in total. The van der Waals surface area contributed by atoms with Gasteiger partial charge < -0.3 is 5.73 Å². The SMILES string of the molecule is NC[C@@H]1CN(Cc2cc(Cl)ccc2F)C[C@H]1c1ccccc1. The highest BCUT2D eigenvalue weighted by atomic mass is 35.5. The van der Waals surface area contributed by atoms with Gasteiger partial charge in [-0.05, 0) is 36.2 Å². The Kier molecular flexibility index (Phi) is 4.77. The van der Waals surface area contributed by atoms with Crippen molar-refractivity contribution in [3.05, 3.63) is 70.5 Å². The van der Waals surface area contributed by atoms with E-state index in [4.69, 9.17) is 17.3 Å². The van der Waals surface area contributed by atoms with Gasteiger partial charge in [0.2, 0.25) is 0 Å². The van der Waals surface area contributed by atoms with Gasteiger partial charge in [0.05, 0.1) is 0 Å². The summed E-state index contributed by atoms with van der Waals surface area (Å²) in [5.41, 5.74) is 7.91. The summed E-state index contributed by atoms with van der Waals surface area (Å²) >= 11 is 5.98. The van der Waals surface area contributed by atoms with Gasteiger partial charge in [-0.3, -0.25) is 4.90 Å². The van der Waals surface area contributed by atoms with Crippen LogP contribution in [0.15, 0.2) is 48.5 Å². The Balaban J connectivity index is 1.76. The largest absolute Gasteiger partial charge is 0.330 e. The van der Waals surface area contributed by atoms with Crippen LogP contribution in [0.3, 0.4) is 0 Å². The third-order valence-electron chi connectivity index (χ3n) is 4.45. The Hall–Kier alpha value is -1.42. The lowest BCUT2D eigenvalue weighted by molar-refractivity contribution is 0.311. The van der Waals surface area contributed by atoms with Gasteiger partial charge >= 0.3 is 0 Å². The molecule has 2 aromatic rings. The molecular formula is C18H20ClFN2. The van der Waals surface area contributed by atoms with Crippen LogP contribution in [-0.4, -0.2) is 24.5 Å². The summed E-state index contributed by atoms with van der Waals surface area (Å²) in [6.45, 7) is 3.01. The van der Waals surface area contributed by atoms with E-state index in [1.165, 1.54) is 11.6 Å². The topological polar surface area (TPSA) is 29.3 Å². The summed E-state index contributed by atoms with van der Waals surface area (Å²) in [7, 11) is 0. The van der Waals surface area contributed by atoms with E-state index in [-0.39, 0.29) is 5.82 Å². The lowest BCUT2D eigenvalue weighted by Gasteiger charge is -2.17. The molecule has 2 nitrogen and oxygen atoms in total. The monoisotopic (exact) mass is 318 g/mol. The third-order valence-corrected chi connectivity index (χ3v) is 4.68. The molecule has 1 fully saturated rings. The molecule has 1 heterocycles. The van der Waals surface area contributed by atoms with Crippen LogP contribution in [0.1, 0.15) is 17.0 Å². The summed E-state index contributed by atoms with van der Waals surface area (Å²) in [6, 6.07) is 15.2. The lowest BCUT2D eigenvalue weighted by atomic mass is 9.89. The standard InChI is InChI=1S/C18H20ClFN2/c19-16-6-7-18(20)14(8-16)10-22-11-15(9-21)17(12-22)13-4-2-1-3-5-13/h1-8,15,17H,9-12,21H2/t15-,17+/m1/s1. The minimum absolute atomic E-state index is 0.197. The van der Waals surface area contributed by atoms with E-state index >= 15 is 0 Å². The Morgan fingerprint density at radius 3 is 2.64 bits per heavy atom. The molecule has 116 valence electrons. The maximum absolute atomic E-state index is 13.9. The van der Waals surface area contributed by atoms with Crippen LogP contribution < -0.4 is 5.73 Å². The van der Waals surface area contributed by atoms with Gasteiger partial charge in [0, 0.05) is 36.1 Å². The summed E-state index contributed by atoms with van der Waals surface area (Å²) in [5.74, 6) is 0.620. The van der Waals surface area contributed by atoms with Crippen molar-refractivity contribution in [3.8, 4) is 0 Å². The average Bonchev–Trinajstić information content (AvgIpc) is 2.95. The molecule has 1 aliphatic heterocycles. The average molecular weight is 319 g/mol. The Morgan fingerprint density at radius 2 is 1.91 bits per heavy atom.